The molecule has 4 aliphatic carbocycles. The predicted molar refractivity (Wildman–Crippen MR) is 102 cm³/mol. The number of aliphatic hydroxyl groups is 1. The van der Waals surface area contributed by atoms with Crippen LogP contribution in [0.4, 0.5) is 0 Å². The van der Waals surface area contributed by atoms with Crippen molar-refractivity contribution in [3.8, 4) is 0 Å². The number of fused-ring (bicyclic) bond motifs is 5. The number of ketones is 2. The molecular weight excluding hydrogens is 324 g/mol. The third kappa shape index (κ3) is 2.10. The molecule has 0 aromatic carbocycles. The van der Waals surface area contributed by atoms with E-state index in [1.165, 1.54) is 12.8 Å². The van der Waals surface area contributed by atoms with Crippen LogP contribution in [0.2, 0.25) is 0 Å². The molecular formula is C23H36O3. The molecule has 0 saturated heterocycles. The maximum atomic E-state index is 12.6. The zero-order valence-corrected chi connectivity index (χ0v) is 17.1. The average Bonchev–Trinajstić information content (AvgIpc) is 2.88. The number of carbonyl (C=O) groups excluding carboxylic acids is 2. The molecule has 0 radical (unpaired) electrons. The van der Waals surface area contributed by atoms with Crippen LogP contribution in [-0.4, -0.2) is 23.3 Å². The first-order valence-corrected chi connectivity index (χ1v) is 10.8. The fourth-order valence-electron chi connectivity index (χ4n) is 8.30. The summed E-state index contributed by atoms with van der Waals surface area (Å²) in [6.45, 7) is 9.01. The fourth-order valence-corrected chi connectivity index (χ4v) is 8.30. The summed E-state index contributed by atoms with van der Waals surface area (Å²) in [5, 5.41) is 9.57. The monoisotopic (exact) mass is 360 g/mol. The van der Waals surface area contributed by atoms with E-state index in [-0.39, 0.29) is 34.1 Å². The van der Waals surface area contributed by atoms with Gasteiger partial charge in [-0.1, -0.05) is 27.7 Å². The Hall–Kier alpha value is -0.700. The van der Waals surface area contributed by atoms with Crippen molar-refractivity contribution in [1.29, 1.82) is 0 Å². The quantitative estimate of drug-likeness (QED) is 0.785. The van der Waals surface area contributed by atoms with Crippen molar-refractivity contribution in [3.05, 3.63) is 0 Å². The summed E-state index contributed by atoms with van der Waals surface area (Å²) in [5.41, 5.74) is 0.106. The highest BCUT2D eigenvalue weighted by Gasteiger charge is 2.66. The van der Waals surface area contributed by atoms with Gasteiger partial charge in [-0.2, -0.15) is 0 Å². The third-order valence-electron chi connectivity index (χ3n) is 10.5. The molecule has 3 heteroatoms. The number of Topliss-reactive ketones (excluding diaryl/α,β-unsaturated/α-hetero) is 2. The van der Waals surface area contributed by atoms with Crippen LogP contribution in [0, 0.1) is 39.4 Å². The van der Waals surface area contributed by atoms with E-state index >= 15 is 0 Å². The molecule has 4 fully saturated rings. The van der Waals surface area contributed by atoms with Gasteiger partial charge in [-0.15, -0.1) is 0 Å². The predicted octanol–water partition coefficient (Wildman–Crippen LogP) is 4.56. The van der Waals surface area contributed by atoms with Gasteiger partial charge in [-0.25, -0.2) is 0 Å². The molecule has 3 nitrogen and oxygen atoms in total. The van der Waals surface area contributed by atoms with Gasteiger partial charge in [0.2, 0.25) is 0 Å². The van der Waals surface area contributed by atoms with E-state index in [1.807, 2.05) is 0 Å². The number of hydrogen-bond donors (Lipinski definition) is 1. The summed E-state index contributed by atoms with van der Waals surface area (Å²) >= 11 is 0. The molecule has 26 heavy (non-hydrogen) atoms. The highest BCUT2D eigenvalue weighted by molar-refractivity contribution is 5.86. The number of hydrogen-bond acceptors (Lipinski definition) is 3. The van der Waals surface area contributed by atoms with Crippen LogP contribution in [0.3, 0.4) is 0 Å². The summed E-state index contributed by atoms with van der Waals surface area (Å²) in [6.07, 6.45) is 9.32. The smallest absolute Gasteiger partial charge is 0.164 e. The second-order valence-electron chi connectivity index (χ2n) is 11.0. The first kappa shape index (κ1) is 18.7. The minimum atomic E-state index is -0.360. The molecule has 0 heterocycles. The highest BCUT2D eigenvalue weighted by atomic mass is 16.3. The van der Waals surface area contributed by atoms with Gasteiger partial charge < -0.3 is 5.11 Å². The first-order valence-electron chi connectivity index (χ1n) is 10.8. The van der Waals surface area contributed by atoms with E-state index in [1.54, 1.807) is 0 Å². The van der Waals surface area contributed by atoms with Gasteiger partial charge in [0.1, 0.15) is 12.4 Å². The van der Waals surface area contributed by atoms with E-state index in [4.69, 9.17) is 0 Å². The lowest BCUT2D eigenvalue weighted by atomic mass is 9.39. The van der Waals surface area contributed by atoms with Crippen LogP contribution in [0.15, 0.2) is 0 Å². The Morgan fingerprint density at radius 3 is 2.31 bits per heavy atom. The second-order valence-corrected chi connectivity index (χ2v) is 11.0. The summed E-state index contributed by atoms with van der Waals surface area (Å²) < 4.78 is 0. The van der Waals surface area contributed by atoms with E-state index in [0.717, 1.165) is 44.9 Å². The summed E-state index contributed by atoms with van der Waals surface area (Å²) in [4.78, 5) is 24.8. The van der Waals surface area contributed by atoms with Crippen LogP contribution < -0.4 is 0 Å². The van der Waals surface area contributed by atoms with Gasteiger partial charge in [0, 0.05) is 18.3 Å². The van der Waals surface area contributed by atoms with Gasteiger partial charge in [0.05, 0.1) is 0 Å². The normalized spacial score (nSPS) is 53.6. The molecule has 0 aliphatic heterocycles. The lowest BCUT2D eigenvalue weighted by Gasteiger charge is -2.65. The van der Waals surface area contributed by atoms with E-state index in [0.29, 0.717) is 23.5 Å². The molecule has 5 unspecified atom stereocenters. The van der Waals surface area contributed by atoms with Crippen LogP contribution in [0.25, 0.3) is 0 Å². The average molecular weight is 361 g/mol. The van der Waals surface area contributed by atoms with Gasteiger partial charge in [0.25, 0.3) is 0 Å². The topological polar surface area (TPSA) is 54.4 Å². The fraction of sp³-hybridized carbons (Fsp3) is 0.913. The van der Waals surface area contributed by atoms with Crippen molar-refractivity contribution in [2.45, 2.75) is 85.5 Å². The van der Waals surface area contributed by atoms with Gasteiger partial charge in [0.15, 0.2) is 5.78 Å². The Kier molecular flexibility index (Phi) is 4.06. The number of rotatable bonds is 2. The van der Waals surface area contributed by atoms with Crippen LogP contribution in [-0.2, 0) is 9.59 Å². The summed E-state index contributed by atoms with van der Waals surface area (Å²) in [6, 6.07) is 0. The number of aliphatic hydroxyl groups excluding tert-OH is 1. The minimum Gasteiger partial charge on any atom is -0.389 e. The van der Waals surface area contributed by atoms with Crippen molar-refractivity contribution in [2.24, 2.45) is 39.4 Å². The van der Waals surface area contributed by atoms with Crippen LogP contribution in [0.5, 0.6) is 0 Å². The van der Waals surface area contributed by atoms with Crippen LogP contribution >= 0.6 is 0 Å². The summed E-state index contributed by atoms with van der Waals surface area (Å²) in [5.74, 6) is 2.50. The largest absolute Gasteiger partial charge is 0.389 e. The van der Waals surface area contributed by atoms with Crippen molar-refractivity contribution in [2.75, 3.05) is 6.61 Å². The van der Waals surface area contributed by atoms with Crippen molar-refractivity contribution in [3.63, 3.8) is 0 Å². The molecule has 146 valence electrons. The van der Waals surface area contributed by atoms with Gasteiger partial charge in [-0.05, 0) is 78.9 Å². The lowest BCUT2D eigenvalue weighted by molar-refractivity contribution is -0.171. The third-order valence-corrected chi connectivity index (χ3v) is 10.5. The Bertz CT molecular complexity index is 641. The van der Waals surface area contributed by atoms with Gasteiger partial charge >= 0.3 is 0 Å². The van der Waals surface area contributed by atoms with E-state index in [2.05, 4.69) is 27.7 Å². The molecule has 0 amide bonds. The zero-order chi connectivity index (χ0) is 19.0. The minimum absolute atomic E-state index is 0.0303. The standard InChI is InChI=1S/C23H36O3/c1-20-9-6-16-17(21(20,2)10-5-15(25)13-20)7-11-22(3)18(16)8-12-23(22,4)19(26)14-24/h16-18,24H,5-14H2,1-4H3/t16?,17?,18?,20-,21?,22?,23-/m1/s1. The van der Waals surface area contributed by atoms with Crippen LogP contribution in [0.1, 0.15) is 85.5 Å². The Labute approximate surface area is 158 Å². The molecule has 4 rings (SSSR count). The summed E-state index contributed by atoms with van der Waals surface area (Å²) in [7, 11) is 0. The molecule has 0 spiro atoms. The molecule has 0 bridgehead atoms. The Morgan fingerprint density at radius 2 is 1.62 bits per heavy atom. The second kappa shape index (κ2) is 5.65. The lowest BCUT2D eigenvalue weighted by Crippen LogP contribution is -2.59. The Balaban J connectivity index is 1.68. The zero-order valence-electron chi connectivity index (χ0n) is 17.1. The molecule has 0 aromatic rings. The molecule has 4 aliphatic rings. The Morgan fingerprint density at radius 1 is 0.962 bits per heavy atom. The van der Waals surface area contributed by atoms with E-state index < -0.39 is 0 Å². The molecule has 1 N–H and O–H groups in total. The van der Waals surface area contributed by atoms with Crippen molar-refractivity contribution >= 4 is 11.6 Å². The van der Waals surface area contributed by atoms with Gasteiger partial charge in [-0.3, -0.25) is 9.59 Å². The first-order chi connectivity index (χ1) is 12.1. The van der Waals surface area contributed by atoms with E-state index in [9.17, 15) is 14.7 Å². The molecule has 4 saturated carbocycles. The van der Waals surface area contributed by atoms with Crippen molar-refractivity contribution < 1.29 is 14.7 Å². The maximum Gasteiger partial charge on any atom is 0.164 e. The van der Waals surface area contributed by atoms with Crippen molar-refractivity contribution in [1.82, 2.24) is 0 Å². The SMILES string of the molecule is CC12CCC(=O)C[C@@]1(C)CCC1C2CCC2(C)C1CC[C@]2(C)C(=O)CO. The maximum absolute atomic E-state index is 12.6. The highest BCUT2D eigenvalue weighted by Crippen LogP contribution is 2.72. The number of carbonyl (C=O) groups is 2. The molecule has 0 aromatic heterocycles. The molecule has 7 atom stereocenters.